The lowest BCUT2D eigenvalue weighted by Crippen LogP contribution is -2.11. The maximum atomic E-state index is 11.4. The molecule has 2 rings (SSSR count). The Balaban J connectivity index is 2.11. The van der Waals surface area contributed by atoms with Gasteiger partial charge in [0.05, 0.1) is 11.1 Å². The number of hydrogen-bond donors (Lipinski definition) is 1. The van der Waals surface area contributed by atoms with Gasteiger partial charge in [-0.05, 0) is 42.4 Å². The number of ether oxygens (including phenoxy) is 1. The van der Waals surface area contributed by atoms with Gasteiger partial charge in [-0.3, -0.25) is 4.98 Å². The van der Waals surface area contributed by atoms with Gasteiger partial charge in [0.15, 0.2) is 9.84 Å². The lowest BCUT2D eigenvalue weighted by molar-refractivity contribution is 0.478. The third-order valence-corrected chi connectivity index (χ3v) is 3.96. The summed E-state index contributed by atoms with van der Waals surface area (Å²) in [5.41, 5.74) is 1.03. The Morgan fingerprint density at radius 1 is 1.14 bits per heavy atom. The summed E-state index contributed by atoms with van der Waals surface area (Å²) in [5.74, 6) is 1.20. The third kappa shape index (κ3) is 4.54. The highest BCUT2D eigenvalue weighted by Gasteiger charge is 2.07. The second-order valence-electron chi connectivity index (χ2n) is 4.65. The summed E-state index contributed by atoms with van der Waals surface area (Å²) in [4.78, 5) is 4.40. The van der Waals surface area contributed by atoms with Crippen LogP contribution in [0.4, 0.5) is 0 Å². The zero-order chi connectivity index (χ0) is 15.3. The number of rotatable bonds is 6. The molecule has 5 nitrogen and oxygen atoms in total. The molecule has 1 aromatic carbocycles. The molecule has 0 aliphatic rings. The molecule has 0 bridgehead atoms. The Bertz CT molecular complexity index is 697. The number of nitrogens with zero attached hydrogens (tertiary/aromatic N) is 1. The van der Waals surface area contributed by atoms with Gasteiger partial charge in [-0.1, -0.05) is 6.92 Å². The van der Waals surface area contributed by atoms with Crippen LogP contribution in [0.25, 0.3) is 0 Å². The topological polar surface area (TPSA) is 68.3 Å². The molecule has 0 radical (unpaired) electrons. The van der Waals surface area contributed by atoms with Gasteiger partial charge in [0.2, 0.25) is 0 Å². The molecule has 0 aliphatic heterocycles. The van der Waals surface area contributed by atoms with E-state index in [4.69, 9.17) is 4.74 Å². The molecule has 0 fully saturated rings. The van der Waals surface area contributed by atoms with Crippen molar-refractivity contribution in [2.24, 2.45) is 0 Å². The van der Waals surface area contributed by atoms with Crippen LogP contribution in [0.1, 0.15) is 12.5 Å². The highest BCUT2D eigenvalue weighted by molar-refractivity contribution is 7.90. The molecule has 0 saturated heterocycles. The Kier molecular flexibility index (Phi) is 4.93. The van der Waals surface area contributed by atoms with Crippen molar-refractivity contribution < 1.29 is 13.2 Å². The van der Waals surface area contributed by atoms with E-state index >= 15 is 0 Å². The molecule has 112 valence electrons. The first kappa shape index (κ1) is 15.5. The molecule has 0 saturated carbocycles. The van der Waals surface area contributed by atoms with E-state index in [0.29, 0.717) is 11.5 Å². The van der Waals surface area contributed by atoms with Crippen molar-refractivity contribution in [1.29, 1.82) is 0 Å². The molecule has 0 atom stereocenters. The Labute approximate surface area is 124 Å². The lowest BCUT2D eigenvalue weighted by Gasteiger charge is -2.08. The standard InChI is InChI=1S/C15H18N2O3S/c1-3-16-9-12-8-14(11-17-10-12)20-13-4-6-15(7-5-13)21(2,18)19/h4-8,10-11,16H,3,9H2,1-2H3. The summed E-state index contributed by atoms with van der Waals surface area (Å²) in [7, 11) is -3.19. The monoisotopic (exact) mass is 306 g/mol. The predicted octanol–water partition coefficient (Wildman–Crippen LogP) is 2.39. The van der Waals surface area contributed by atoms with Crippen molar-refractivity contribution in [2.75, 3.05) is 12.8 Å². The van der Waals surface area contributed by atoms with Crippen LogP contribution in [0.15, 0.2) is 47.6 Å². The van der Waals surface area contributed by atoms with Crippen LogP contribution in [0.5, 0.6) is 11.5 Å². The molecule has 0 unspecified atom stereocenters. The van der Waals surface area contributed by atoms with Crippen LogP contribution in [0.2, 0.25) is 0 Å². The van der Waals surface area contributed by atoms with Gasteiger partial charge >= 0.3 is 0 Å². The van der Waals surface area contributed by atoms with Crippen molar-refractivity contribution in [3.05, 3.63) is 48.3 Å². The van der Waals surface area contributed by atoms with E-state index in [1.807, 2.05) is 13.0 Å². The quantitative estimate of drug-likeness (QED) is 0.887. The average Bonchev–Trinajstić information content (AvgIpc) is 2.45. The number of pyridine rings is 1. The third-order valence-electron chi connectivity index (χ3n) is 2.84. The fourth-order valence-electron chi connectivity index (χ4n) is 1.78. The molecule has 0 aliphatic carbocycles. The molecule has 21 heavy (non-hydrogen) atoms. The maximum absolute atomic E-state index is 11.4. The minimum Gasteiger partial charge on any atom is -0.456 e. The number of hydrogen-bond acceptors (Lipinski definition) is 5. The van der Waals surface area contributed by atoms with E-state index < -0.39 is 9.84 Å². The second kappa shape index (κ2) is 6.69. The number of nitrogens with one attached hydrogen (secondary N) is 1. The molecular formula is C15H18N2O3S. The molecular weight excluding hydrogens is 288 g/mol. The predicted molar refractivity (Wildman–Crippen MR) is 81.2 cm³/mol. The van der Waals surface area contributed by atoms with E-state index in [1.165, 1.54) is 18.4 Å². The van der Waals surface area contributed by atoms with E-state index in [-0.39, 0.29) is 4.90 Å². The number of aromatic nitrogens is 1. The number of benzene rings is 1. The normalized spacial score (nSPS) is 11.3. The van der Waals surface area contributed by atoms with Crippen molar-refractivity contribution in [3.8, 4) is 11.5 Å². The summed E-state index contributed by atoms with van der Waals surface area (Å²) in [6.07, 6.45) is 4.58. The van der Waals surface area contributed by atoms with Gasteiger partial charge in [-0.25, -0.2) is 8.42 Å². The molecule has 2 aromatic rings. The van der Waals surface area contributed by atoms with E-state index in [1.54, 1.807) is 24.5 Å². The van der Waals surface area contributed by atoms with Crippen LogP contribution in [-0.4, -0.2) is 26.2 Å². The largest absolute Gasteiger partial charge is 0.456 e. The fraction of sp³-hybridized carbons (Fsp3) is 0.267. The smallest absolute Gasteiger partial charge is 0.175 e. The van der Waals surface area contributed by atoms with Crippen LogP contribution < -0.4 is 10.1 Å². The molecule has 1 heterocycles. The minimum atomic E-state index is -3.19. The maximum Gasteiger partial charge on any atom is 0.175 e. The van der Waals surface area contributed by atoms with Crippen molar-refractivity contribution >= 4 is 9.84 Å². The SMILES string of the molecule is CCNCc1cncc(Oc2ccc(S(C)(=O)=O)cc2)c1. The first-order chi connectivity index (χ1) is 9.99. The summed E-state index contributed by atoms with van der Waals surface area (Å²) in [6, 6.07) is 8.22. The van der Waals surface area contributed by atoms with E-state index in [0.717, 1.165) is 18.7 Å². The highest BCUT2D eigenvalue weighted by Crippen LogP contribution is 2.23. The number of sulfone groups is 1. The lowest BCUT2D eigenvalue weighted by atomic mass is 10.2. The van der Waals surface area contributed by atoms with Crippen molar-refractivity contribution in [3.63, 3.8) is 0 Å². The zero-order valence-electron chi connectivity index (χ0n) is 12.0. The van der Waals surface area contributed by atoms with Crippen LogP contribution in [-0.2, 0) is 16.4 Å². The highest BCUT2D eigenvalue weighted by atomic mass is 32.2. The van der Waals surface area contributed by atoms with Crippen LogP contribution in [0, 0.1) is 0 Å². The van der Waals surface area contributed by atoms with Gasteiger partial charge in [0.1, 0.15) is 11.5 Å². The Hall–Kier alpha value is -1.92. The van der Waals surface area contributed by atoms with Gasteiger partial charge in [-0.2, -0.15) is 0 Å². The fourth-order valence-corrected chi connectivity index (χ4v) is 2.41. The van der Waals surface area contributed by atoms with Crippen LogP contribution in [0.3, 0.4) is 0 Å². The molecule has 0 amide bonds. The molecule has 1 N–H and O–H groups in total. The second-order valence-corrected chi connectivity index (χ2v) is 6.67. The molecule has 0 spiro atoms. The average molecular weight is 306 g/mol. The summed E-state index contributed by atoms with van der Waals surface area (Å²) < 4.78 is 28.5. The summed E-state index contributed by atoms with van der Waals surface area (Å²) in [5, 5.41) is 3.22. The van der Waals surface area contributed by atoms with Gasteiger partial charge < -0.3 is 10.1 Å². The van der Waals surface area contributed by atoms with Gasteiger partial charge in [0, 0.05) is 19.0 Å². The molecule has 6 heteroatoms. The zero-order valence-corrected chi connectivity index (χ0v) is 12.9. The minimum absolute atomic E-state index is 0.272. The Morgan fingerprint density at radius 3 is 2.48 bits per heavy atom. The van der Waals surface area contributed by atoms with Crippen LogP contribution >= 0.6 is 0 Å². The summed E-state index contributed by atoms with van der Waals surface area (Å²) >= 11 is 0. The summed E-state index contributed by atoms with van der Waals surface area (Å²) in [6.45, 7) is 3.66. The van der Waals surface area contributed by atoms with Crippen molar-refractivity contribution in [2.45, 2.75) is 18.4 Å². The molecule has 1 aromatic heterocycles. The van der Waals surface area contributed by atoms with Gasteiger partial charge in [-0.15, -0.1) is 0 Å². The van der Waals surface area contributed by atoms with Gasteiger partial charge in [0.25, 0.3) is 0 Å². The first-order valence-corrected chi connectivity index (χ1v) is 8.51. The van der Waals surface area contributed by atoms with E-state index in [2.05, 4.69) is 10.3 Å². The van der Waals surface area contributed by atoms with Crippen molar-refractivity contribution in [1.82, 2.24) is 10.3 Å². The first-order valence-electron chi connectivity index (χ1n) is 6.61. The van der Waals surface area contributed by atoms with E-state index in [9.17, 15) is 8.42 Å². The Morgan fingerprint density at radius 2 is 1.86 bits per heavy atom.